The second-order valence-electron chi connectivity index (χ2n) is 6.02. The average molecular weight is 420 g/mol. The maximum atomic E-state index is 13.3. The molecule has 0 aliphatic carbocycles. The van der Waals surface area contributed by atoms with E-state index in [1.54, 1.807) is 37.3 Å². The minimum absolute atomic E-state index is 0.113. The number of hydrazine groups is 1. The lowest BCUT2D eigenvalue weighted by molar-refractivity contribution is -0.138. The lowest BCUT2D eigenvalue weighted by atomic mass is 9.92. The van der Waals surface area contributed by atoms with Crippen molar-refractivity contribution in [3.05, 3.63) is 69.9 Å². The van der Waals surface area contributed by atoms with E-state index < -0.39 is 29.2 Å². The van der Waals surface area contributed by atoms with Gasteiger partial charge in [-0.3, -0.25) is 15.0 Å². The van der Waals surface area contributed by atoms with E-state index >= 15 is 0 Å². The summed E-state index contributed by atoms with van der Waals surface area (Å²) < 4.78 is 13.5. The third kappa shape index (κ3) is 3.32. The van der Waals surface area contributed by atoms with Gasteiger partial charge in [-0.1, -0.05) is 36.4 Å². The quantitative estimate of drug-likeness (QED) is 0.747. The highest BCUT2D eigenvalue weighted by Gasteiger charge is 2.49. The van der Waals surface area contributed by atoms with Crippen LogP contribution in [0, 0.1) is 5.82 Å². The largest absolute Gasteiger partial charge is 0.344 e. The molecular formula is C18H15BrFN3O3. The molecule has 0 spiro atoms. The Bertz CT molecular complexity index is 891. The Morgan fingerprint density at radius 3 is 2.58 bits per heavy atom. The number of nitrogens with one attached hydrogen (secondary N) is 2. The second kappa shape index (κ2) is 6.87. The molecule has 0 radical (unpaired) electrons. The summed E-state index contributed by atoms with van der Waals surface area (Å²) >= 11 is 3.05. The third-order valence-electron chi connectivity index (χ3n) is 4.13. The van der Waals surface area contributed by atoms with Gasteiger partial charge >= 0.3 is 6.03 Å². The predicted octanol–water partition coefficient (Wildman–Crippen LogP) is 2.63. The first-order valence-electron chi connectivity index (χ1n) is 7.77. The minimum atomic E-state index is -1.26. The maximum Gasteiger partial charge on any atom is 0.344 e. The molecule has 1 heterocycles. The fourth-order valence-corrected chi connectivity index (χ4v) is 3.13. The van der Waals surface area contributed by atoms with Gasteiger partial charge in [0.1, 0.15) is 11.4 Å². The minimum Gasteiger partial charge on any atom is -0.318 e. The van der Waals surface area contributed by atoms with E-state index in [-0.39, 0.29) is 10.9 Å². The smallest absolute Gasteiger partial charge is 0.318 e. The van der Waals surface area contributed by atoms with Crippen LogP contribution in [-0.4, -0.2) is 22.9 Å². The fourth-order valence-electron chi connectivity index (χ4n) is 2.71. The highest BCUT2D eigenvalue weighted by molar-refractivity contribution is 9.10. The number of hydrogen-bond acceptors (Lipinski definition) is 3. The van der Waals surface area contributed by atoms with Crippen LogP contribution in [0.1, 0.15) is 18.1 Å². The third-order valence-corrected chi connectivity index (χ3v) is 4.73. The van der Waals surface area contributed by atoms with Crippen molar-refractivity contribution in [1.29, 1.82) is 0 Å². The zero-order chi connectivity index (χ0) is 18.9. The highest BCUT2D eigenvalue weighted by Crippen LogP contribution is 2.27. The Hall–Kier alpha value is -2.74. The van der Waals surface area contributed by atoms with Crippen LogP contribution < -0.4 is 10.7 Å². The average Bonchev–Trinajstić information content (AvgIpc) is 2.83. The van der Waals surface area contributed by atoms with Crippen LogP contribution in [0.25, 0.3) is 0 Å². The standard InChI is InChI=1S/C18H15BrFN3O3/c1-18(12-5-3-2-4-6-12)16(25)23(17(26)21-18)22-15(24)10-11-7-8-14(20)13(19)9-11/h2-9H,10H2,1H3,(H,21,26)(H,22,24). The molecule has 26 heavy (non-hydrogen) atoms. The molecule has 1 atom stereocenters. The summed E-state index contributed by atoms with van der Waals surface area (Å²) in [5, 5.41) is 3.27. The molecule has 6 nitrogen and oxygen atoms in total. The van der Waals surface area contributed by atoms with Crippen LogP contribution in [-0.2, 0) is 21.5 Å². The van der Waals surface area contributed by atoms with Gasteiger partial charge in [0.2, 0.25) is 5.91 Å². The van der Waals surface area contributed by atoms with E-state index in [4.69, 9.17) is 0 Å². The Balaban J connectivity index is 1.73. The molecule has 3 rings (SSSR count). The van der Waals surface area contributed by atoms with Crippen molar-refractivity contribution in [2.45, 2.75) is 18.9 Å². The number of halogens is 2. The molecule has 0 bridgehead atoms. The number of carbonyl (C=O) groups excluding carboxylic acids is 3. The molecule has 4 amide bonds. The van der Waals surface area contributed by atoms with Crippen molar-refractivity contribution >= 4 is 33.8 Å². The summed E-state index contributed by atoms with van der Waals surface area (Å²) in [4.78, 5) is 37.1. The highest BCUT2D eigenvalue weighted by atomic mass is 79.9. The zero-order valence-corrected chi connectivity index (χ0v) is 15.3. The van der Waals surface area contributed by atoms with Gasteiger partial charge in [-0.2, -0.15) is 5.01 Å². The van der Waals surface area contributed by atoms with E-state index in [1.165, 1.54) is 18.2 Å². The summed E-state index contributed by atoms with van der Waals surface area (Å²) in [6.07, 6.45) is -0.113. The van der Waals surface area contributed by atoms with Crippen LogP contribution in [0.15, 0.2) is 53.0 Å². The van der Waals surface area contributed by atoms with E-state index in [0.29, 0.717) is 16.1 Å². The van der Waals surface area contributed by atoms with Crippen molar-refractivity contribution in [2.24, 2.45) is 0 Å². The molecule has 2 aromatic carbocycles. The lowest BCUT2D eigenvalue weighted by Crippen LogP contribution is -2.48. The maximum absolute atomic E-state index is 13.3. The number of benzene rings is 2. The van der Waals surface area contributed by atoms with Crippen LogP contribution in [0.3, 0.4) is 0 Å². The molecule has 2 N–H and O–H groups in total. The summed E-state index contributed by atoms with van der Waals surface area (Å²) in [6.45, 7) is 1.58. The number of imide groups is 1. The molecule has 1 saturated heterocycles. The Kier molecular flexibility index (Phi) is 4.78. The molecule has 1 aliphatic heterocycles. The monoisotopic (exact) mass is 419 g/mol. The van der Waals surface area contributed by atoms with Crippen molar-refractivity contribution in [3.63, 3.8) is 0 Å². The van der Waals surface area contributed by atoms with Crippen molar-refractivity contribution < 1.29 is 18.8 Å². The summed E-state index contributed by atoms with van der Waals surface area (Å²) in [6, 6.07) is 12.2. The Morgan fingerprint density at radius 2 is 1.92 bits per heavy atom. The van der Waals surface area contributed by atoms with Gasteiger partial charge in [0, 0.05) is 0 Å². The van der Waals surface area contributed by atoms with Gasteiger partial charge < -0.3 is 5.32 Å². The van der Waals surface area contributed by atoms with E-state index in [9.17, 15) is 18.8 Å². The molecule has 0 aromatic heterocycles. The van der Waals surface area contributed by atoms with Crippen molar-refractivity contribution in [3.8, 4) is 0 Å². The summed E-state index contributed by atoms with van der Waals surface area (Å²) in [5.41, 5.74) is 2.19. The zero-order valence-electron chi connectivity index (χ0n) is 13.8. The second-order valence-corrected chi connectivity index (χ2v) is 6.88. The van der Waals surface area contributed by atoms with Crippen molar-refractivity contribution in [1.82, 2.24) is 15.8 Å². The Morgan fingerprint density at radius 1 is 1.23 bits per heavy atom. The number of carbonyl (C=O) groups is 3. The van der Waals surface area contributed by atoms with Gasteiger partial charge in [-0.05, 0) is 46.1 Å². The lowest BCUT2D eigenvalue weighted by Gasteiger charge is -2.22. The summed E-state index contributed by atoms with van der Waals surface area (Å²) in [5.74, 6) is -1.59. The SMILES string of the molecule is CC1(c2ccccc2)NC(=O)N(NC(=O)Cc2ccc(F)c(Br)c2)C1=O. The van der Waals surface area contributed by atoms with Gasteiger partial charge in [0.25, 0.3) is 5.91 Å². The normalized spacial score (nSPS) is 19.4. The number of nitrogens with zero attached hydrogens (tertiary/aromatic N) is 1. The predicted molar refractivity (Wildman–Crippen MR) is 95.1 cm³/mol. The van der Waals surface area contributed by atoms with E-state index in [0.717, 1.165) is 0 Å². The van der Waals surface area contributed by atoms with Crippen LogP contribution in [0.2, 0.25) is 0 Å². The molecule has 2 aromatic rings. The number of amides is 4. The first-order valence-corrected chi connectivity index (χ1v) is 8.56. The van der Waals surface area contributed by atoms with E-state index in [1.807, 2.05) is 0 Å². The fraction of sp³-hybridized carbons (Fsp3) is 0.167. The van der Waals surface area contributed by atoms with Gasteiger partial charge in [0.15, 0.2) is 0 Å². The van der Waals surface area contributed by atoms with E-state index in [2.05, 4.69) is 26.7 Å². The molecular weight excluding hydrogens is 405 g/mol. The van der Waals surface area contributed by atoms with Crippen molar-refractivity contribution in [2.75, 3.05) is 0 Å². The van der Waals surface area contributed by atoms with Gasteiger partial charge in [0.05, 0.1) is 10.9 Å². The molecule has 0 saturated carbocycles. The molecule has 1 fully saturated rings. The topological polar surface area (TPSA) is 78.5 Å². The number of urea groups is 1. The molecule has 1 unspecified atom stereocenters. The first kappa shape index (κ1) is 18.1. The number of rotatable bonds is 4. The number of hydrogen-bond donors (Lipinski definition) is 2. The van der Waals surface area contributed by atoms with Crippen LogP contribution in [0.4, 0.5) is 9.18 Å². The van der Waals surface area contributed by atoms with Gasteiger partial charge in [-0.25, -0.2) is 9.18 Å². The Labute approximate surface area is 157 Å². The summed E-state index contributed by atoms with van der Waals surface area (Å²) in [7, 11) is 0. The van der Waals surface area contributed by atoms with Gasteiger partial charge in [-0.15, -0.1) is 0 Å². The molecule has 1 aliphatic rings. The molecule has 134 valence electrons. The van der Waals surface area contributed by atoms with Crippen LogP contribution >= 0.6 is 15.9 Å². The first-order chi connectivity index (χ1) is 12.3. The van der Waals surface area contributed by atoms with Crippen LogP contribution in [0.5, 0.6) is 0 Å². The molecule has 8 heteroatoms.